The summed E-state index contributed by atoms with van der Waals surface area (Å²) in [5.74, 6) is 1.94. The van der Waals surface area contributed by atoms with E-state index in [0.717, 1.165) is 16.3 Å². The molecule has 2 rings (SSSR count). The molecule has 1 aliphatic carbocycles. The maximum atomic E-state index is 2.48. The summed E-state index contributed by atoms with van der Waals surface area (Å²) in [4.78, 5) is 0. The summed E-state index contributed by atoms with van der Waals surface area (Å²) in [5.41, 5.74) is 1.63. The number of hydrogen-bond acceptors (Lipinski definition) is 0. The largest absolute Gasteiger partial charge is 0.326 e. The van der Waals surface area contributed by atoms with Crippen LogP contribution in [0.2, 0.25) is 0 Å². The van der Waals surface area contributed by atoms with Crippen LogP contribution in [0, 0.1) is 11.8 Å². The van der Waals surface area contributed by atoms with E-state index in [1.807, 2.05) is 0 Å². The first-order valence-corrected chi connectivity index (χ1v) is 7.07. The van der Waals surface area contributed by atoms with E-state index in [4.69, 9.17) is 0 Å². The van der Waals surface area contributed by atoms with Crippen molar-refractivity contribution in [3.8, 4) is 0 Å². The number of nitrogens with zero attached hydrogens (tertiary/aromatic N) is 2. The quantitative estimate of drug-likeness (QED) is 0.522. The van der Waals surface area contributed by atoms with Gasteiger partial charge in [0.1, 0.15) is 13.1 Å². The average Bonchev–Trinajstić information content (AvgIpc) is 2.51. The Hall–Kier alpha value is -0.340. The third-order valence-electron chi connectivity index (χ3n) is 4.68. The average molecular weight is 238 g/mol. The van der Waals surface area contributed by atoms with Gasteiger partial charge in [0, 0.05) is 11.8 Å². The zero-order valence-corrected chi connectivity index (χ0v) is 12.4. The summed E-state index contributed by atoms with van der Waals surface area (Å²) in [7, 11) is 9.40. The summed E-state index contributed by atoms with van der Waals surface area (Å²) in [6, 6.07) is 0. The van der Waals surface area contributed by atoms with Crippen LogP contribution >= 0.6 is 0 Å². The van der Waals surface area contributed by atoms with E-state index in [-0.39, 0.29) is 0 Å². The van der Waals surface area contributed by atoms with Crippen molar-refractivity contribution in [2.24, 2.45) is 11.8 Å². The van der Waals surface area contributed by atoms with Crippen LogP contribution < -0.4 is 0 Å². The van der Waals surface area contributed by atoms with E-state index in [9.17, 15) is 0 Å². The summed E-state index contributed by atoms with van der Waals surface area (Å²) < 4.78 is 2.41. The zero-order chi connectivity index (χ0) is 12.7. The molecule has 0 radical (unpaired) electrons. The zero-order valence-electron chi connectivity index (χ0n) is 12.4. The van der Waals surface area contributed by atoms with Gasteiger partial charge in [-0.05, 0) is 19.8 Å². The molecule has 3 unspecified atom stereocenters. The van der Waals surface area contributed by atoms with Crippen LogP contribution in [0.1, 0.15) is 19.8 Å². The Labute approximate surface area is 107 Å². The summed E-state index contributed by atoms with van der Waals surface area (Å²) in [5, 5.41) is 0. The minimum Gasteiger partial charge on any atom is -0.326 e. The van der Waals surface area contributed by atoms with E-state index in [1.54, 1.807) is 5.57 Å². The molecule has 0 amide bonds. The Bertz CT molecular complexity index is 313. The van der Waals surface area contributed by atoms with E-state index >= 15 is 0 Å². The molecule has 0 saturated carbocycles. The van der Waals surface area contributed by atoms with Crippen LogP contribution in [0.15, 0.2) is 11.6 Å². The van der Waals surface area contributed by atoms with E-state index in [1.165, 1.54) is 43.5 Å². The molecule has 98 valence electrons. The molecule has 0 N–H and O–H groups in total. The van der Waals surface area contributed by atoms with Gasteiger partial charge in [-0.25, -0.2) is 0 Å². The number of likely N-dealkylation sites (N-methyl/N-ethyl adjacent to an activating group) is 2. The van der Waals surface area contributed by atoms with Crippen molar-refractivity contribution in [2.45, 2.75) is 19.8 Å². The molecule has 0 spiro atoms. The van der Waals surface area contributed by atoms with Crippen molar-refractivity contribution >= 4 is 0 Å². The van der Waals surface area contributed by atoms with Crippen molar-refractivity contribution in [2.75, 3.05) is 54.4 Å². The lowest BCUT2D eigenvalue weighted by molar-refractivity contribution is -0.943. The molecular weight excluding hydrogens is 208 g/mol. The molecule has 0 aromatic carbocycles. The predicted octanol–water partition coefficient (Wildman–Crippen LogP) is 2.13. The maximum Gasteiger partial charge on any atom is 0.128 e. The van der Waals surface area contributed by atoms with Crippen LogP contribution in [0.25, 0.3) is 0 Å². The number of fused-ring (bicyclic) bond motifs is 1. The van der Waals surface area contributed by atoms with Gasteiger partial charge in [-0.15, -0.1) is 0 Å². The monoisotopic (exact) mass is 238 g/mol. The summed E-state index contributed by atoms with van der Waals surface area (Å²) in [6.07, 6.45) is 5.19. The van der Waals surface area contributed by atoms with Gasteiger partial charge in [0.2, 0.25) is 0 Å². The number of likely N-dealkylation sites (tertiary alicyclic amines) is 1. The Morgan fingerprint density at radius 2 is 1.88 bits per heavy atom. The van der Waals surface area contributed by atoms with Gasteiger partial charge in [0.05, 0.1) is 41.3 Å². The number of allylic oxidation sites excluding steroid dienone is 2. The van der Waals surface area contributed by atoms with Gasteiger partial charge in [-0.1, -0.05) is 11.6 Å². The first-order valence-electron chi connectivity index (χ1n) is 7.07. The summed E-state index contributed by atoms with van der Waals surface area (Å²) >= 11 is 0. The molecule has 0 aromatic heterocycles. The predicted molar refractivity (Wildman–Crippen MR) is 73.7 cm³/mol. The van der Waals surface area contributed by atoms with Crippen molar-refractivity contribution < 1.29 is 8.97 Å². The number of hydrogen-bond donors (Lipinski definition) is 0. The van der Waals surface area contributed by atoms with Crippen molar-refractivity contribution in [1.29, 1.82) is 0 Å². The van der Waals surface area contributed by atoms with Crippen LogP contribution in [0.3, 0.4) is 0 Å². The third-order valence-corrected chi connectivity index (χ3v) is 4.68. The van der Waals surface area contributed by atoms with E-state index in [0.29, 0.717) is 0 Å². The van der Waals surface area contributed by atoms with E-state index in [2.05, 4.69) is 41.2 Å². The highest BCUT2D eigenvalue weighted by Crippen LogP contribution is 2.38. The number of quaternary nitrogens is 2. The van der Waals surface area contributed by atoms with Crippen molar-refractivity contribution in [3.63, 3.8) is 0 Å². The normalized spacial score (nSPS) is 37.8. The second-order valence-electron chi connectivity index (χ2n) is 7.73. The molecule has 2 aliphatic rings. The molecule has 2 heteroatoms. The number of rotatable bonds is 3. The van der Waals surface area contributed by atoms with Gasteiger partial charge >= 0.3 is 0 Å². The van der Waals surface area contributed by atoms with Crippen LogP contribution in [0.4, 0.5) is 0 Å². The Morgan fingerprint density at radius 3 is 2.53 bits per heavy atom. The van der Waals surface area contributed by atoms with Gasteiger partial charge in [-0.2, -0.15) is 0 Å². The highest BCUT2D eigenvalue weighted by Gasteiger charge is 2.43. The first-order chi connectivity index (χ1) is 7.77. The van der Waals surface area contributed by atoms with Crippen LogP contribution in [-0.2, 0) is 0 Å². The Kier molecular flexibility index (Phi) is 3.39. The smallest absolute Gasteiger partial charge is 0.128 e. The fourth-order valence-electron chi connectivity index (χ4n) is 3.58. The molecular formula is C15H30N2+2. The molecule has 0 aromatic rings. The first kappa shape index (κ1) is 13.1. The molecule has 1 saturated heterocycles. The van der Waals surface area contributed by atoms with Crippen LogP contribution in [-0.4, -0.2) is 63.3 Å². The Balaban J connectivity index is 1.93. The summed E-state index contributed by atoms with van der Waals surface area (Å²) in [6.45, 7) is 7.77. The lowest BCUT2D eigenvalue weighted by Crippen LogP contribution is -2.50. The SMILES string of the molecule is CC1=CCC2C[N+](C)(CC[N+](C)(C)C)CC2C1. The molecule has 1 fully saturated rings. The van der Waals surface area contributed by atoms with Gasteiger partial charge in [-0.3, -0.25) is 0 Å². The Morgan fingerprint density at radius 1 is 1.24 bits per heavy atom. The molecule has 2 nitrogen and oxygen atoms in total. The molecule has 17 heavy (non-hydrogen) atoms. The van der Waals surface area contributed by atoms with Gasteiger partial charge in [0.15, 0.2) is 0 Å². The lowest BCUT2D eigenvalue weighted by Gasteiger charge is -2.33. The topological polar surface area (TPSA) is 0 Å². The van der Waals surface area contributed by atoms with Crippen molar-refractivity contribution in [3.05, 3.63) is 11.6 Å². The fraction of sp³-hybridized carbons (Fsp3) is 0.867. The molecule has 3 atom stereocenters. The van der Waals surface area contributed by atoms with Crippen LogP contribution in [0.5, 0.6) is 0 Å². The van der Waals surface area contributed by atoms with E-state index < -0.39 is 0 Å². The molecule has 1 aliphatic heterocycles. The highest BCUT2D eigenvalue weighted by molar-refractivity contribution is 5.06. The minimum atomic E-state index is 0.969. The van der Waals surface area contributed by atoms with Gasteiger partial charge < -0.3 is 8.97 Å². The third kappa shape index (κ3) is 3.32. The second-order valence-corrected chi connectivity index (χ2v) is 7.73. The minimum absolute atomic E-state index is 0.969. The fourth-order valence-corrected chi connectivity index (χ4v) is 3.58. The maximum absolute atomic E-state index is 2.48. The molecule has 0 bridgehead atoms. The van der Waals surface area contributed by atoms with Crippen molar-refractivity contribution in [1.82, 2.24) is 0 Å². The molecule has 1 heterocycles. The lowest BCUT2D eigenvalue weighted by atomic mass is 9.83. The second kappa shape index (κ2) is 4.40. The highest BCUT2D eigenvalue weighted by atomic mass is 15.4. The van der Waals surface area contributed by atoms with Gasteiger partial charge in [0.25, 0.3) is 0 Å². The standard InChI is InChI=1S/C15H30N2/c1-13-6-7-14-11-17(5,12-15(14)10-13)9-8-16(2,3)4/h6,14-15H,7-12H2,1-5H3/q+2.